The third-order valence-electron chi connectivity index (χ3n) is 2.81. The van der Waals surface area contributed by atoms with Gasteiger partial charge in [-0.15, -0.1) is 0 Å². The van der Waals surface area contributed by atoms with Crippen LogP contribution in [0.25, 0.3) is 0 Å². The van der Waals surface area contributed by atoms with E-state index in [0.717, 1.165) is 17.3 Å². The SMILES string of the molecule is CN=C(NCc1ccnn1C)N(C)Cc1ccon1. The van der Waals surface area contributed by atoms with Gasteiger partial charge in [-0.3, -0.25) is 9.67 Å². The van der Waals surface area contributed by atoms with Gasteiger partial charge in [-0.1, -0.05) is 5.16 Å². The van der Waals surface area contributed by atoms with Crippen LogP contribution >= 0.6 is 0 Å². The summed E-state index contributed by atoms with van der Waals surface area (Å²) in [6.07, 6.45) is 3.34. The Morgan fingerprint density at radius 3 is 2.95 bits per heavy atom. The highest BCUT2D eigenvalue weighted by atomic mass is 16.5. The van der Waals surface area contributed by atoms with Crippen LogP contribution in [-0.2, 0) is 20.1 Å². The average molecular weight is 262 g/mol. The summed E-state index contributed by atoms with van der Waals surface area (Å²) in [6, 6.07) is 3.81. The Morgan fingerprint density at radius 2 is 2.37 bits per heavy atom. The van der Waals surface area contributed by atoms with E-state index in [-0.39, 0.29) is 0 Å². The first-order chi connectivity index (χ1) is 9.20. The van der Waals surface area contributed by atoms with E-state index in [2.05, 4.69) is 20.6 Å². The molecule has 2 heterocycles. The van der Waals surface area contributed by atoms with Crippen molar-refractivity contribution in [2.45, 2.75) is 13.1 Å². The molecule has 0 unspecified atom stereocenters. The van der Waals surface area contributed by atoms with Gasteiger partial charge in [0, 0.05) is 33.4 Å². The lowest BCUT2D eigenvalue weighted by molar-refractivity contribution is 0.391. The maximum atomic E-state index is 4.81. The predicted octanol–water partition coefficient (Wildman–Crippen LogP) is 0.615. The van der Waals surface area contributed by atoms with Crippen LogP contribution in [0, 0.1) is 0 Å². The van der Waals surface area contributed by atoms with Crippen molar-refractivity contribution in [2.75, 3.05) is 14.1 Å². The Labute approximate surface area is 111 Å². The van der Waals surface area contributed by atoms with Gasteiger partial charge in [0.25, 0.3) is 0 Å². The number of aryl methyl sites for hydroxylation is 1. The number of nitrogens with zero attached hydrogens (tertiary/aromatic N) is 5. The van der Waals surface area contributed by atoms with Gasteiger partial charge in [0.1, 0.15) is 12.0 Å². The molecule has 0 aliphatic rings. The van der Waals surface area contributed by atoms with Crippen LogP contribution < -0.4 is 5.32 Å². The topological polar surface area (TPSA) is 71.5 Å². The number of nitrogens with one attached hydrogen (secondary N) is 1. The van der Waals surface area contributed by atoms with Gasteiger partial charge in [-0.25, -0.2) is 0 Å². The number of aromatic nitrogens is 3. The van der Waals surface area contributed by atoms with Crippen LogP contribution in [0.4, 0.5) is 0 Å². The van der Waals surface area contributed by atoms with Gasteiger partial charge >= 0.3 is 0 Å². The molecule has 0 saturated carbocycles. The molecule has 0 bridgehead atoms. The fourth-order valence-corrected chi connectivity index (χ4v) is 1.77. The first kappa shape index (κ1) is 13.1. The molecule has 0 amide bonds. The highest BCUT2D eigenvalue weighted by Gasteiger charge is 2.09. The molecule has 0 atom stereocenters. The minimum absolute atomic E-state index is 0.640. The molecule has 7 heteroatoms. The van der Waals surface area contributed by atoms with Gasteiger partial charge in [0.05, 0.1) is 18.8 Å². The van der Waals surface area contributed by atoms with Crippen molar-refractivity contribution < 1.29 is 4.52 Å². The van der Waals surface area contributed by atoms with Gasteiger partial charge in [0.2, 0.25) is 0 Å². The van der Waals surface area contributed by atoms with E-state index in [9.17, 15) is 0 Å². The summed E-state index contributed by atoms with van der Waals surface area (Å²) in [7, 11) is 5.62. The molecule has 2 aromatic heterocycles. The van der Waals surface area contributed by atoms with Crippen LogP contribution in [0.15, 0.2) is 34.1 Å². The molecule has 0 saturated heterocycles. The average Bonchev–Trinajstić information content (AvgIpc) is 3.02. The molecule has 0 aromatic carbocycles. The van der Waals surface area contributed by atoms with Crippen LogP contribution in [0.2, 0.25) is 0 Å². The van der Waals surface area contributed by atoms with Crippen molar-refractivity contribution in [3.63, 3.8) is 0 Å². The van der Waals surface area contributed by atoms with Crippen LogP contribution in [0.1, 0.15) is 11.4 Å². The zero-order valence-electron chi connectivity index (χ0n) is 11.4. The molecule has 102 valence electrons. The lowest BCUT2D eigenvalue weighted by Crippen LogP contribution is -2.38. The highest BCUT2D eigenvalue weighted by Crippen LogP contribution is 2.01. The molecule has 2 rings (SSSR count). The summed E-state index contributed by atoms with van der Waals surface area (Å²) in [6.45, 7) is 1.31. The number of aliphatic imine (C=N–C) groups is 1. The molecular formula is C12H18N6O. The number of hydrogen-bond acceptors (Lipinski definition) is 4. The summed E-state index contributed by atoms with van der Waals surface area (Å²) in [5, 5.41) is 11.3. The predicted molar refractivity (Wildman–Crippen MR) is 71.4 cm³/mol. The van der Waals surface area contributed by atoms with Gasteiger partial charge < -0.3 is 14.7 Å². The fourth-order valence-electron chi connectivity index (χ4n) is 1.77. The quantitative estimate of drug-likeness (QED) is 0.646. The van der Waals surface area contributed by atoms with E-state index < -0.39 is 0 Å². The Bertz CT molecular complexity index is 530. The van der Waals surface area contributed by atoms with Crippen LogP contribution in [0.5, 0.6) is 0 Å². The normalized spacial score (nSPS) is 11.6. The lowest BCUT2D eigenvalue weighted by Gasteiger charge is -2.20. The maximum Gasteiger partial charge on any atom is 0.194 e. The highest BCUT2D eigenvalue weighted by molar-refractivity contribution is 5.79. The van der Waals surface area contributed by atoms with Gasteiger partial charge in [0.15, 0.2) is 5.96 Å². The zero-order chi connectivity index (χ0) is 13.7. The Kier molecular flexibility index (Phi) is 4.17. The second kappa shape index (κ2) is 6.03. The van der Waals surface area contributed by atoms with E-state index in [1.807, 2.05) is 35.8 Å². The van der Waals surface area contributed by atoms with Crippen molar-refractivity contribution in [1.29, 1.82) is 0 Å². The monoisotopic (exact) mass is 262 g/mol. The van der Waals surface area contributed by atoms with E-state index in [1.165, 1.54) is 0 Å². The molecule has 0 radical (unpaired) electrons. The summed E-state index contributed by atoms with van der Waals surface area (Å²) < 4.78 is 6.65. The smallest absolute Gasteiger partial charge is 0.194 e. The molecule has 0 aliphatic carbocycles. The minimum atomic E-state index is 0.640. The van der Waals surface area contributed by atoms with Crippen molar-refractivity contribution in [3.05, 3.63) is 36.0 Å². The van der Waals surface area contributed by atoms with E-state index >= 15 is 0 Å². The molecule has 0 aliphatic heterocycles. The van der Waals surface area contributed by atoms with Crippen LogP contribution in [-0.4, -0.2) is 39.9 Å². The van der Waals surface area contributed by atoms with E-state index in [1.54, 1.807) is 19.5 Å². The number of hydrogen-bond donors (Lipinski definition) is 1. The third-order valence-corrected chi connectivity index (χ3v) is 2.81. The fraction of sp³-hybridized carbons (Fsp3) is 0.417. The summed E-state index contributed by atoms with van der Waals surface area (Å²) in [5.74, 6) is 0.796. The van der Waals surface area contributed by atoms with E-state index in [0.29, 0.717) is 13.1 Å². The summed E-state index contributed by atoms with van der Waals surface area (Å²) >= 11 is 0. The van der Waals surface area contributed by atoms with Gasteiger partial charge in [-0.2, -0.15) is 5.10 Å². The number of rotatable bonds is 4. The standard InChI is InChI=1S/C12H18N6O/c1-13-12(14-8-11-4-6-15-18(11)3)17(2)9-10-5-7-19-16-10/h4-7H,8-9H2,1-3H3,(H,13,14). The molecule has 19 heavy (non-hydrogen) atoms. The zero-order valence-corrected chi connectivity index (χ0v) is 11.4. The molecule has 1 N–H and O–H groups in total. The Morgan fingerprint density at radius 1 is 1.53 bits per heavy atom. The largest absolute Gasteiger partial charge is 0.364 e. The number of guanidine groups is 1. The van der Waals surface area contributed by atoms with Gasteiger partial charge in [-0.05, 0) is 6.07 Å². The first-order valence-corrected chi connectivity index (χ1v) is 5.98. The second-order valence-electron chi connectivity index (χ2n) is 4.19. The van der Waals surface area contributed by atoms with Crippen LogP contribution in [0.3, 0.4) is 0 Å². The third kappa shape index (κ3) is 3.34. The molecule has 7 nitrogen and oxygen atoms in total. The summed E-state index contributed by atoms with van der Waals surface area (Å²) in [4.78, 5) is 6.22. The van der Waals surface area contributed by atoms with Crippen molar-refractivity contribution in [2.24, 2.45) is 12.0 Å². The minimum Gasteiger partial charge on any atom is -0.364 e. The second-order valence-corrected chi connectivity index (χ2v) is 4.19. The van der Waals surface area contributed by atoms with Crippen molar-refractivity contribution in [3.8, 4) is 0 Å². The molecule has 0 spiro atoms. The Hall–Kier alpha value is -2.31. The Balaban J connectivity index is 1.91. The summed E-state index contributed by atoms with van der Waals surface area (Å²) in [5.41, 5.74) is 1.96. The lowest BCUT2D eigenvalue weighted by atomic mass is 10.4. The molecular weight excluding hydrogens is 244 g/mol. The van der Waals surface area contributed by atoms with E-state index in [4.69, 9.17) is 4.52 Å². The first-order valence-electron chi connectivity index (χ1n) is 5.98. The van der Waals surface area contributed by atoms with Crippen molar-refractivity contribution >= 4 is 5.96 Å². The van der Waals surface area contributed by atoms with Crippen molar-refractivity contribution in [1.82, 2.24) is 25.2 Å². The molecule has 2 aromatic rings. The molecule has 0 fully saturated rings. The maximum absolute atomic E-state index is 4.81.